The summed E-state index contributed by atoms with van der Waals surface area (Å²) in [6, 6.07) is 11.3. The first kappa shape index (κ1) is 25.2. The molecule has 1 aliphatic rings. The highest BCUT2D eigenvalue weighted by Crippen LogP contribution is 2.24. The van der Waals surface area contributed by atoms with Crippen molar-refractivity contribution in [3.05, 3.63) is 53.6 Å². The van der Waals surface area contributed by atoms with Gasteiger partial charge in [-0.15, -0.1) is 0 Å². The third-order valence-corrected chi connectivity index (χ3v) is 9.14. The Kier molecular flexibility index (Phi) is 7.47. The molecule has 0 unspecified atom stereocenters. The van der Waals surface area contributed by atoms with Crippen LogP contribution in [-0.4, -0.2) is 58.5 Å². The normalized spacial score (nSPS) is 16.0. The molecule has 2 aromatic rings. The summed E-state index contributed by atoms with van der Waals surface area (Å²) in [6.07, 6.45) is 0.844. The van der Waals surface area contributed by atoms with Crippen molar-refractivity contribution in [1.29, 1.82) is 0 Å². The number of nitrogens with one attached hydrogen (secondary N) is 2. The molecule has 9 nitrogen and oxygen atoms in total. The van der Waals surface area contributed by atoms with E-state index in [0.717, 1.165) is 15.4 Å². The first-order valence-electron chi connectivity index (χ1n) is 10.6. The van der Waals surface area contributed by atoms with Crippen LogP contribution in [0.3, 0.4) is 0 Å². The Balaban J connectivity index is 1.60. The molecule has 180 valence electrons. The van der Waals surface area contributed by atoms with Gasteiger partial charge < -0.3 is 5.32 Å². The van der Waals surface area contributed by atoms with Crippen molar-refractivity contribution < 1.29 is 21.6 Å². The van der Waals surface area contributed by atoms with Crippen molar-refractivity contribution in [2.24, 2.45) is 5.92 Å². The summed E-state index contributed by atoms with van der Waals surface area (Å²) in [5, 5.41) is 2.80. The minimum absolute atomic E-state index is 0.0842. The van der Waals surface area contributed by atoms with E-state index in [-0.39, 0.29) is 29.8 Å². The number of nitrogens with zero attached hydrogens (tertiary/aromatic N) is 2. The van der Waals surface area contributed by atoms with Gasteiger partial charge >= 0.3 is 0 Å². The summed E-state index contributed by atoms with van der Waals surface area (Å²) in [5.74, 6) is -0.519. The molecule has 1 heterocycles. The number of hydrogen-bond donors (Lipinski definition) is 2. The van der Waals surface area contributed by atoms with Crippen LogP contribution in [0.25, 0.3) is 0 Å². The number of carbonyl (C=O) groups excluding carboxylic acids is 1. The molecular formula is C22H30N4O5S2. The maximum Gasteiger partial charge on any atom is 0.281 e. The molecule has 0 atom stereocenters. The second-order valence-corrected chi connectivity index (χ2v) is 12.2. The highest BCUT2D eigenvalue weighted by molar-refractivity contribution is 7.92. The Bertz CT molecular complexity index is 1220. The number of benzene rings is 2. The molecule has 2 aromatic carbocycles. The Labute approximate surface area is 196 Å². The fourth-order valence-corrected chi connectivity index (χ4v) is 5.74. The molecule has 11 heteroatoms. The third-order valence-electron chi connectivity index (χ3n) is 5.80. The van der Waals surface area contributed by atoms with E-state index in [4.69, 9.17) is 0 Å². The molecule has 1 saturated heterocycles. The van der Waals surface area contributed by atoms with E-state index in [2.05, 4.69) is 10.0 Å². The zero-order valence-electron chi connectivity index (χ0n) is 19.2. The van der Waals surface area contributed by atoms with Crippen molar-refractivity contribution in [3.63, 3.8) is 0 Å². The Morgan fingerprint density at radius 3 is 2.03 bits per heavy atom. The second kappa shape index (κ2) is 9.80. The molecule has 0 aromatic heterocycles. The zero-order chi connectivity index (χ0) is 24.4. The number of amides is 1. The van der Waals surface area contributed by atoms with Crippen LogP contribution in [-0.2, 0) is 25.0 Å². The molecule has 0 bridgehead atoms. The van der Waals surface area contributed by atoms with Crippen molar-refractivity contribution in [3.8, 4) is 0 Å². The van der Waals surface area contributed by atoms with Crippen molar-refractivity contribution in [2.45, 2.75) is 31.6 Å². The number of aryl methyl sites for hydroxylation is 2. The van der Waals surface area contributed by atoms with Crippen LogP contribution < -0.4 is 10.0 Å². The van der Waals surface area contributed by atoms with Crippen LogP contribution in [0.4, 0.5) is 11.4 Å². The summed E-state index contributed by atoms with van der Waals surface area (Å²) < 4.78 is 54.9. The number of piperidine rings is 1. The molecule has 1 amide bonds. The summed E-state index contributed by atoms with van der Waals surface area (Å²) in [4.78, 5) is 12.7. The van der Waals surface area contributed by atoms with Gasteiger partial charge in [-0.1, -0.05) is 6.07 Å². The Morgan fingerprint density at radius 1 is 0.909 bits per heavy atom. The summed E-state index contributed by atoms with van der Waals surface area (Å²) in [6.45, 7) is 4.42. The highest BCUT2D eigenvalue weighted by Gasteiger charge is 2.32. The van der Waals surface area contributed by atoms with Crippen molar-refractivity contribution in [1.82, 2.24) is 8.61 Å². The minimum atomic E-state index is -3.76. The van der Waals surface area contributed by atoms with Crippen LogP contribution >= 0.6 is 0 Å². The number of hydrogen-bond acceptors (Lipinski definition) is 5. The lowest BCUT2D eigenvalue weighted by molar-refractivity contribution is -0.120. The monoisotopic (exact) mass is 494 g/mol. The van der Waals surface area contributed by atoms with Gasteiger partial charge in [0, 0.05) is 44.5 Å². The molecular weight excluding hydrogens is 464 g/mol. The lowest BCUT2D eigenvalue weighted by atomic mass is 9.97. The number of rotatable bonds is 7. The predicted molar refractivity (Wildman–Crippen MR) is 129 cm³/mol. The molecule has 0 radical (unpaired) electrons. The van der Waals surface area contributed by atoms with E-state index in [9.17, 15) is 21.6 Å². The van der Waals surface area contributed by atoms with E-state index in [1.807, 2.05) is 19.9 Å². The van der Waals surface area contributed by atoms with Gasteiger partial charge in [-0.05, 0) is 74.2 Å². The largest absolute Gasteiger partial charge is 0.326 e. The summed E-state index contributed by atoms with van der Waals surface area (Å²) in [7, 11) is -4.28. The minimum Gasteiger partial charge on any atom is -0.326 e. The van der Waals surface area contributed by atoms with E-state index >= 15 is 0 Å². The molecule has 33 heavy (non-hydrogen) atoms. The second-order valence-electron chi connectivity index (χ2n) is 8.38. The average Bonchev–Trinajstić information content (AvgIpc) is 2.76. The standard InChI is InChI=1S/C22H30N4O5S2/c1-16-5-6-20(15-17(16)2)24-32(28,29)21-9-7-19(8-10-21)23-22(27)18-11-13-26(14-12-18)33(30,31)25(3)4/h5-10,15,18,24H,11-14H2,1-4H3,(H,23,27). The van der Waals surface area contributed by atoms with Crippen molar-refractivity contribution >= 4 is 37.5 Å². The molecule has 1 aliphatic heterocycles. The summed E-state index contributed by atoms with van der Waals surface area (Å²) >= 11 is 0. The van der Waals surface area contributed by atoms with Crippen LogP contribution in [0, 0.1) is 19.8 Å². The third kappa shape index (κ3) is 5.91. The topological polar surface area (TPSA) is 116 Å². The van der Waals surface area contributed by atoms with Crippen LogP contribution in [0.5, 0.6) is 0 Å². The van der Waals surface area contributed by atoms with Gasteiger partial charge in [0.05, 0.1) is 4.90 Å². The maximum atomic E-state index is 12.7. The molecule has 0 aliphatic carbocycles. The quantitative estimate of drug-likeness (QED) is 0.614. The van der Waals surface area contributed by atoms with Crippen LogP contribution in [0.2, 0.25) is 0 Å². The lowest BCUT2D eigenvalue weighted by Gasteiger charge is -2.32. The fraction of sp³-hybridized carbons (Fsp3) is 0.409. The van der Waals surface area contributed by atoms with Gasteiger partial charge in [-0.3, -0.25) is 9.52 Å². The van der Waals surface area contributed by atoms with Gasteiger partial charge in [0.2, 0.25) is 5.91 Å². The van der Waals surface area contributed by atoms with Crippen molar-refractivity contribution in [2.75, 3.05) is 37.2 Å². The van der Waals surface area contributed by atoms with Gasteiger partial charge in [-0.2, -0.15) is 17.0 Å². The lowest BCUT2D eigenvalue weighted by Crippen LogP contribution is -2.46. The molecule has 0 saturated carbocycles. The first-order valence-corrected chi connectivity index (χ1v) is 13.5. The Morgan fingerprint density at radius 2 is 1.48 bits per heavy atom. The highest BCUT2D eigenvalue weighted by atomic mass is 32.2. The van der Waals surface area contributed by atoms with Gasteiger partial charge in [0.25, 0.3) is 20.2 Å². The SMILES string of the molecule is Cc1ccc(NS(=O)(=O)c2ccc(NC(=O)C3CCN(S(=O)(=O)N(C)C)CC3)cc2)cc1C. The molecule has 2 N–H and O–H groups in total. The number of anilines is 2. The van der Waals surface area contributed by atoms with Crippen LogP contribution in [0.15, 0.2) is 47.4 Å². The summed E-state index contributed by atoms with van der Waals surface area (Å²) in [5.41, 5.74) is 3.02. The van der Waals surface area contributed by atoms with Gasteiger partial charge in [0.1, 0.15) is 0 Å². The average molecular weight is 495 g/mol. The number of sulfonamides is 1. The predicted octanol–water partition coefficient (Wildman–Crippen LogP) is 2.56. The first-order chi connectivity index (χ1) is 15.4. The van der Waals surface area contributed by atoms with E-state index in [1.54, 1.807) is 24.3 Å². The van der Waals surface area contributed by atoms with E-state index in [1.165, 1.54) is 30.5 Å². The zero-order valence-corrected chi connectivity index (χ0v) is 20.8. The van der Waals surface area contributed by atoms with Crippen LogP contribution in [0.1, 0.15) is 24.0 Å². The van der Waals surface area contributed by atoms with Gasteiger partial charge in [0.15, 0.2) is 0 Å². The maximum absolute atomic E-state index is 12.7. The van der Waals surface area contributed by atoms with E-state index in [0.29, 0.717) is 24.2 Å². The van der Waals surface area contributed by atoms with E-state index < -0.39 is 20.2 Å². The molecule has 3 rings (SSSR count). The molecule has 0 spiro atoms. The number of carbonyl (C=O) groups is 1. The smallest absolute Gasteiger partial charge is 0.281 e. The fourth-order valence-electron chi connectivity index (χ4n) is 3.56. The van der Waals surface area contributed by atoms with Gasteiger partial charge in [-0.25, -0.2) is 8.42 Å². The molecule has 1 fully saturated rings. The Hall–Kier alpha value is -2.47.